The van der Waals surface area contributed by atoms with Crippen LogP contribution in [0.25, 0.3) is 0 Å². The van der Waals surface area contributed by atoms with E-state index < -0.39 is 0 Å². The molecule has 2 N–H and O–H groups in total. The minimum atomic E-state index is -0.368. The third kappa shape index (κ3) is 5.83. The molecule has 0 aliphatic heterocycles. The lowest BCUT2D eigenvalue weighted by molar-refractivity contribution is -0.129. The molecule has 0 saturated heterocycles. The Kier molecular flexibility index (Phi) is 6.49. The number of carbonyl (C=O) groups is 2. The zero-order chi connectivity index (χ0) is 17.4. The molecule has 0 bridgehead atoms. The van der Waals surface area contributed by atoms with Gasteiger partial charge in [-0.25, -0.2) is 4.39 Å². The number of hydrogen-bond acceptors (Lipinski definition) is 2. The summed E-state index contributed by atoms with van der Waals surface area (Å²) in [4.78, 5) is 23.5. The van der Waals surface area contributed by atoms with Crippen LogP contribution < -0.4 is 10.6 Å². The van der Waals surface area contributed by atoms with Gasteiger partial charge in [0.2, 0.25) is 11.8 Å². The highest BCUT2D eigenvalue weighted by atomic mass is 19.1. The fraction of sp³-hybridized carbons (Fsp3) is 0.263. The van der Waals surface area contributed by atoms with E-state index in [4.69, 9.17) is 0 Å². The molecular weight excluding hydrogens is 307 g/mol. The standard InChI is InChI=1S/C19H21FN2O2/c1-14-5-4-6-15(11-14)13-22-19(24)12-18(23)21-10-9-16-7-2-3-8-17(16)20/h2-8,11H,9-10,12-13H2,1H3,(H,21,23)(H,22,24). The lowest BCUT2D eigenvalue weighted by Gasteiger charge is -2.08. The molecule has 0 atom stereocenters. The minimum absolute atomic E-state index is 0.233. The first-order valence-electron chi connectivity index (χ1n) is 7.87. The molecule has 0 heterocycles. The van der Waals surface area contributed by atoms with Crippen molar-refractivity contribution in [2.24, 2.45) is 0 Å². The maximum absolute atomic E-state index is 13.4. The second-order valence-corrected chi connectivity index (χ2v) is 5.63. The summed E-state index contributed by atoms with van der Waals surface area (Å²) in [6.45, 7) is 2.67. The van der Waals surface area contributed by atoms with Gasteiger partial charge in [0.1, 0.15) is 12.2 Å². The summed E-state index contributed by atoms with van der Waals surface area (Å²) < 4.78 is 13.4. The molecule has 126 valence electrons. The molecule has 0 saturated carbocycles. The average Bonchev–Trinajstić information content (AvgIpc) is 2.55. The van der Waals surface area contributed by atoms with Crippen LogP contribution in [0.1, 0.15) is 23.1 Å². The molecule has 0 aromatic heterocycles. The second-order valence-electron chi connectivity index (χ2n) is 5.63. The van der Waals surface area contributed by atoms with Crippen LogP contribution in [0.15, 0.2) is 48.5 Å². The molecule has 0 aliphatic carbocycles. The molecule has 2 amide bonds. The smallest absolute Gasteiger partial charge is 0.229 e. The highest BCUT2D eigenvalue weighted by Gasteiger charge is 2.09. The lowest BCUT2D eigenvalue weighted by atomic mass is 10.1. The van der Waals surface area contributed by atoms with Gasteiger partial charge in [-0.3, -0.25) is 9.59 Å². The number of halogens is 1. The molecular formula is C19H21FN2O2. The van der Waals surface area contributed by atoms with Gasteiger partial charge in [-0.1, -0.05) is 48.0 Å². The monoisotopic (exact) mass is 328 g/mol. The highest BCUT2D eigenvalue weighted by molar-refractivity contribution is 5.96. The Hall–Kier alpha value is -2.69. The number of carbonyl (C=O) groups excluding carboxylic acids is 2. The normalized spacial score (nSPS) is 10.2. The predicted octanol–water partition coefficient (Wildman–Crippen LogP) is 2.50. The molecule has 0 fully saturated rings. The van der Waals surface area contributed by atoms with Crippen LogP contribution in [0.2, 0.25) is 0 Å². The van der Waals surface area contributed by atoms with E-state index in [-0.39, 0.29) is 24.1 Å². The summed E-state index contributed by atoms with van der Waals surface area (Å²) in [5.74, 6) is -0.990. The van der Waals surface area contributed by atoms with Crippen LogP contribution in [-0.2, 0) is 22.6 Å². The minimum Gasteiger partial charge on any atom is -0.355 e. The zero-order valence-corrected chi connectivity index (χ0v) is 13.6. The number of nitrogens with one attached hydrogen (secondary N) is 2. The summed E-state index contributed by atoms with van der Waals surface area (Å²) in [5, 5.41) is 5.34. The Bertz CT molecular complexity index is 716. The highest BCUT2D eigenvalue weighted by Crippen LogP contribution is 2.06. The Morgan fingerprint density at radius 1 is 1.00 bits per heavy atom. The topological polar surface area (TPSA) is 58.2 Å². The van der Waals surface area contributed by atoms with E-state index in [2.05, 4.69) is 10.6 Å². The summed E-state index contributed by atoms with van der Waals surface area (Å²) >= 11 is 0. The van der Waals surface area contributed by atoms with Crippen LogP contribution in [0.5, 0.6) is 0 Å². The Labute approximate surface area is 141 Å². The van der Waals surface area contributed by atoms with Crippen molar-refractivity contribution in [3.63, 3.8) is 0 Å². The Morgan fingerprint density at radius 2 is 1.75 bits per heavy atom. The second kappa shape index (κ2) is 8.82. The van der Waals surface area contributed by atoms with Gasteiger partial charge in [0.25, 0.3) is 0 Å². The van der Waals surface area contributed by atoms with Crippen LogP contribution in [-0.4, -0.2) is 18.4 Å². The van der Waals surface area contributed by atoms with Crippen LogP contribution >= 0.6 is 0 Å². The number of hydrogen-bond donors (Lipinski definition) is 2. The Balaban J connectivity index is 1.68. The summed E-state index contributed by atoms with van der Waals surface area (Å²) in [5.41, 5.74) is 2.65. The molecule has 5 heteroatoms. The van der Waals surface area contributed by atoms with Crippen LogP contribution in [0, 0.1) is 12.7 Å². The quantitative estimate of drug-likeness (QED) is 0.767. The van der Waals surface area contributed by atoms with E-state index in [0.29, 0.717) is 25.1 Å². The summed E-state index contributed by atoms with van der Waals surface area (Å²) in [6, 6.07) is 14.2. The number of benzene rings is 2. The number of amides is 2. The van der Waals surface area contributed by atoms with Crippen molar-refractivity contribution in [1.82, 2.24) is 10.6 Å². The third-order valence-corrected chi connectivity index (χ3v) is 3.57. The molecule has 4 nitrogen and oxygen atoms in total. The molecule has 2 aromatic carbocycles. The molecule has 0 aliphatic rings. The molecule has 2 aromatic rings. The largest absolute Gasteiger partial charge is 0.355 e. The van der Waals surface area contributed by atoms with Gasteiger partial charge in [0.15, 0.2) is 0 Å². The summed E-state index contributed by atoms with van der Waals surface area (Å²) in [7, 11) is 0. The van der Waals surface area contributed by atoms with Gasteiger partial charge in [0.05, 0.1) is 0 Å². The first-order valence-corrected chi connectivity index (χ1v) is 7.87. The fourth-order valence-electron chi connectivity index (χ4n) is 2.33. The van der Waals surface area contributed by atoms with Gasteiger partial charge < -0.3 is 10.6 Å². The van der Waals surface area contributed by atoms with E-state index in [1.165, 1.54) is 6.07 Å². The van der Waals surface area contributed by atoms with Crippen molar-refractivity contribution < 1.29 is 14.0 Å². The molecule has 0 unspecified atom stereocenters. The maximum atomic E-state index is 13.4. The molecule has 0 spiro atoms. The van der Waals surface area contributed by atoms with Crippen LogP contribution in [0.4, 0.5) is 4.39 Å². The average molecular weight is 328 g/mol. The van der Waals surface area contributed by atoms with Gasteiger partial charge in [-0.05, 0) is 30.5 Å². The van der Waals surface area contributed by atoms with Gasteiger partial charge >= 0.3 is 0 Å². The van der Waals surface area contributed by atoms with E-state index in [1.807, 2.05) is 31.2 Å². The van der Waals surface area contributed by atoms with Crippen molar-refractivity contribution in [2.75, 3.05) is 6.54 Å². The molecule has 0 radical (unpaired) electrons. The van der Waals surface area contributed by atoms with Crippen molar-refractivity contribution in [1.29, 1.82) is 0 Å². The number of rotatable bonds is 7. The summed E-state index contributed by atoms with van der Waals surface area (Å²) in [6.07, 6.45) is 0.159. The van der Waals surface area contributed by atoms with Gasteiger partial charge in [-0.15, -0.1) is 0 Å². The zero-order valence-electron chi connectivity index (χ0n) is 13.6. The first kappa shape index (κ1) is 17.7. The molecule has 2 rings (SSSR count). The van der Waals surface area contributed by atoms with E-state index in [0.717, 1.165) is 11.1 Å². The van der Waals surface area contributed by atoms with Gasteiger partial charge in [-0.2, -0.15) is 0 Å². The molecule has 24 heavy (non-hydrogen) atoms. The predicted molar refractivity (Wildman–Crippen MR) is 90.8 cm³/mol. The van der Waals surface area contributed by atoms with Crippen molar-refractivity contribution in [2.45, 2.75) is 26.3 Å². The van der Waals surface area contributed by atoms with Crippen molar-refractivity contribution in [3.8, 4) is 0 Å². The van der Waals surface area contributed by atoms with E-state index in [1.54, 1.807) is 18.2 Å². The Morgan fingerprint density at radius 3 is 2.50 bits per heavy atom. The maximum Gasteiger partial charge on any atom is 0.229 e. The van der Waals surface area contributed by atoms with E-state index >= 15 is 0 Å². The van der Waals surface area contributed by atoms with Crippen molar-refractivity contribution >= 4 is 11.8 Å². The fourth-order valence-corrected chi connectivity index (χ4v) is 2.33. The van der Waals surface area contributed by atoms with Gasteiger partial charge in [0, 0.05) is 13.1 Å². The SMILES string of the molecule is Cc1cccc(CNC(=O)CC(=O)NCCc2ccccc2F)c1. The van der Waals surface area contributed by atoms with Crippen LogP contribution in [0.3, 0.4) is 0 Å². The van der Waals surface area contributed by atoms with E-state index in [9.17, 15) is 14.0 Å². The lowest BCUT2D eigenvalue weighted by Crippen LogP contribution is -2.32. The third-order valence-electron chi connectivity index (χ3n) is 3.57. The first-order chi connectivity index (χ1) is 11.5. The number of aryl methyl sites for hydroxylation is 1. The van der Waals surface area contributed by atoms with Crippen molar-refractivity contribution in [3.05, 3.63) is 71.0 Å².